The minimum atomic E-state index is 0.279. The Hall–Kier alpha value is -0.0800. The van der Waals surface area contributed by atoms with E-state index in [-0.39, 0.29) is 6.10 Å². The van der Waals surface area contributed by atoms with Gasteiger partial charge in [0.1, 0.15) is 0 Å². The zero-order valence-corrected chi connectivity index (χ0v) is 6.96. The molecule has 0 aromatic heterocycles. The highest BCUT2D eigenvalue weighted by Crippen LogP contribution is 2.20. The zero-order chi connectivity index (χ0) is 7.56. The van der Waals surface area contributed by atoms with Gasteiger partial charge in [-0.25, -0.2) is 0 Å². The van der Waals surface area contributed by atoms with Crippen molar-refractivity contribution in [3.63, 3.8) is 0 Å². The van der Waals surface area contributed by atoms with Gasteiger partial charge in [-0.1, -0.05) is 6.92 Å². The molecule has 0 aliphatic carbocycles. The average molecular weight is 144 g/mol. The first-order chi connectivity index (χ1) is 4.74. The van der Waals surface area contributed by atoms with Crippen LogP contribution in [-0.2, 0) is 9.47 Å². The lowest BCUT2D eigenvalue weighted by Gasteiger charge is -2.31. The fraction of sp³-hybridized carbons (Fsp3) is 1.00. The fourth-order valence-corrected chi connectivity index (χ4v) is 1.37. The van der Waals surface area contributed by atoms with Crippen molar-refractivity contribution < 1.29 is 9.47 Å². The molecular weight excluding hydrogens is 128 g/mol. The SMILES string of the molecule is CO[C@H]1C[C@H](C)CO[C@H]1C. The molecule has 0 aromatic rings. The first-order valence-corrected chi connectivity index (χ1v) is 3.88. The summed E-state index contributed by atoms with van der Waals surface area (Å²) in [7, 11) is 1.75. The van der Waals surface area contributed by atoms with E-state index < -0.39 is 0 Å². The Morgan fingerprint density at radius 2 is 2.10 bits per heavy atom. The van der Waals surface area contributed by atoms with Gasteiger partial charge in [-0.2, -0.15) is 0 Å². The van der Waals surface area contributed by atoms with Gasteiger partial charge in [0.05, 0.1) is 12.2 Å². The quantitative estimate of drug-likeness (QED) is 0.554. The molecular formula is C8H16O2. The zero-order valence-electron chi connectivity index (χ0n) is 6.96. The second kappa shape index (κ2) is 3.35. The number of methoxy groups -OCH3 is 1. The maximum atomic E-state index is 5.47. The van der Waals surface area contributed by atoms with Gasteiger partial charge in [0.2, 0.25) is 0 Å². The van der Waals surface area contributed by atoms with E-state index in [0.29, 0.717) is 12.0 Å². The molecule has 1 saturated heterocycles. The van der Waals surface area contributed by atoms with Crippen LogP contribution in [0.4, 0.5) is 0 Å². The van der Waals surface area contributed by atoms with Crippen molar-refractivity contribution in [1.82, 2.24) is 0 Å². The number of hydrogen-bond donors (Lipinski definition) is 0. The van der Waals surface area contributed by atoms with E-state index in [1.54, 1.807) is 7.11 Å². The molecule has 2 heteroatoms. The van der Waals surface area contributed by atoms with Crippen molar-refractivity contribution in [3.05, 3.63) is 0 Å². The average Bonchev–Trinajstić information content (AvgIpc) is 1.94. The van der Waals surface area contributed by atoms with E-state index in [1.165, 1.54) is 0 Å². The van der Waals surface area contributed by atoms with Crippen LogP contribution in [-0.4, -0.2) is 25.9 Å². The fourth-order valence-electron chi connectivity index (χ4n) is 1.37. The Morgan fingerprint density at radius 1 is 1.40 bits per heavy atom. The van der Waals surface area contributed by atoms with Gasteiger partial charge in [-0.05, 0) is 19.3 Å². The third-order valence-electron chi connectivity index (χ3n) is 2.10. The van der Waals surface area contributed by atoms with Gasteiger partial charge < -0.3 is 9.47 Å². The van der Waals surface area contributed by atoms with Crippen LogP contribution in [0.2, 0.25) is 0 Å². The molecule has 1 heterocycles. The van der Waals surface area contributed by atoms with Gasteiger partial charge in [0.15, 0.2) is 0 Å². The molecule has 0 N–H and O–H groups in total. The van der Waals surface area contributed by atoms with Crippen LogP contribution < -0.4 is 0 Å². The van der Waals surface area contributed by atoms with Gasteiger partial charge in [-0.3, -0.25) is 0 Å². The van der Waals surface area contributed by atoms with Crippen LogP contribution in [0.3, 0.4) is 0 Å². The van der Waals surface area contributed by atoms with Crippen molar-refractivity contribution in [2.45, 2.75) is 32.5 Å². The van der Waals surface area contributed by atoms with Crippen LogP contribution in [0.5, 0.6) is 0 Å². The number of rotatable bonds is 1. The molecule has 60 valence electrons. The lowest BCUT2D eigenvalue weighted by molar-refractivity contribution is -0.101. The van der Waals surface area contributed by atoms with E-state index in [0.717, 1.165) is 13.0 Å². The normalized spacial score (nSPS) is 41.7. The van der Waals surface area contributed by atoms with Gasteiger partial charge in [0.25, 0.3) is 0 Å². The van der Waals surface area contributed by atoms with Crippen LogP contribution in [0, 0.1) is 5.92 Å². The van der Waals surface area contributed by atoms with Crippen LogP contribution >= 0.6 is 0 Å². The molecule has 3 atom stereocenters. The second-order valence-electron chi connectivity index (χ2n) is 3.15. The van der Waals surface area contributed by atoms with E-state index in [2.05, 4.69) is 13.8 Å². The maximum absolute atomic E-state index is 5.47. The molecule has 0 spiro atoms. The molecule has 0 aromatic carbocycles. The van der Waals surface area contributed by atoms with E-state index >= 15 is 0 Å². The molecule has 1 aliphatic rings. The monoisotopic (exact) mass is 144 g/mol. The summed E-state index contributed by atoms with van der Waals surface area (Å²) in [5.41, 5.74) is 0. The third kappa shape index (κ3) is 1.70. The van der Waals surface area contributed by atoms with Crippen LogP contribution in [0.15, 0.2) is 0 Å². The van der Waals surface area contributed by atoms with E-state index in [1.807, 2.05) is 0 Å². The Balaban J connectivity index is 2.38. The highest BCUT2D eigenvalue weighted by atomic mass is 16.5. The molecule has 1 rings (SSSR count). The molecule has 0 amide bonds. The van der Waals surface area contributed by atoms with Crippen molar-refractivity contribution >= 4 is 0 Å². The van der Waals surface area contributed by atoms with Gasteiger partial charge >= 0.3 is 0 Å². The Labute approximate surface area is 62.5 Å². The number of hydrogen-bond acceptors (Lipinski definition) is 2. The molecule has 2 nitrogen and oxygen atoms in total. The van der Waals surface area contributed by atoms with Crippen molar-refractivity contribution in [2.75, 3.05) is 13.7 Å². The predicted octanol–water partition coefficient (Wildman–Crippen LogP) is 1.45. The number of ether oxygens (including phenoxy) is 2. The minimum Gasteiger partial charge on any atom is -0.379 e. The second-order valence-corrected chi connectivity index (χ2v) is 3.15. The van der Waals surface area contributed by atoms with Crippen LogP contribution in [0.25, 0.3) is 0 Å². The molecule has 1 fully saturated rings. The third-order valence-corrected chi connectivity index (χ3v) is 2.10. The molecule has 1 aliphatic heterocycles. The summed E-state index contributed by atoms with van der Waals surface area (Å²) in [6.07, 6.45) is 1.72. The molecule has 0 bridgehead atoms. The lowest BCUT2D eigenvalue weighted by atomic mass is 9.98. The first-order valence-electron chi connectivity index (χ1n) is 3.88. The van der Waals surface area contributed by atoms with E-state index in [4.69, 9.17) is 9.47 Å². The van der Waals surface area contributed by atoms with E-state index in [9.17, 15) is 0 Å². The smallest absolute Gasteiger partial charge is 0.0833 e. The topological polar surface area (TPSA) is 18.5 Å². The highest BCUT2D eigenvalue weighted by molar-refractivity contribution is 4.74. The molecule has 0 saturated carbocycles. The Morgan fingerprint density at radius 3 is 2.60 bits per heavy atom. The Kier molecular flexibility index (Phi) is 2.69. The highest BCUT2D eigenvalue weighted by Gasteiger charge is 2.25. The summed E-state index contributed by atoms with van der Waals surface area (Å²) in [6.45, 7) is 5.15. The molecule has 0 unspecified atom stereocenters. The largest absolute Gasteiger partial charge is 0.379 e. The minimum absolute atomic E-state index is 0.279. The van der Waals surface area contributed by atoms with Crippen molar-refractivity contribution in [3.8, 4) is 0 Å². The van der Waals surface area contributed by atoms with Crippen LogP contribution in [0.1, 0.15) is 20.3 Å². The van der Waals surface area contributed by atoms with Gasteiger partial charge in [0, 0.05) is 13.7 Å². The first kappa shape index (κ1) is 8.02. The maximum Gasteiger partial charge on any atom is 0.0833 e. The predicted molar refractivity (Wildman–Crippen MR) is 40.0 cm³/mol. The summed E-state index contributed by atoms with van der Waals surface area (Å²) < 4.78 is 10.7. The standard InChI is InChI=1S/C8H16O2/c1-6-4-8(9-3)7(2)10-5-6/h6-8H,4-5H2,1-3H3/t6-,7-,8-/m0/s1. The lowest BCUT2D eigenvalue weighted by Crippen LogP contribution is -2.36. The van der Waals surface area contributed by atoms with Crippen molar-refractivity contribution in [2.24, 2.45) is 5.92 Å². The van der Waals surface area contributed by atoms with Crippen molar-refractivity contribution in [1.29, 1.82) is 0 Å². The Bertz CT molecular complexity index is 103. The molecule has 10 heavy (non-hydrogen) atoms. The summed E-state index contributed by atoms with van der Waals surface area (Å²) in [5.74, 6) is 0.654. The summed E-state index contributed by atoms with van der Waals surface area (Å²) in [4.78, 5) is 0. The summed E-state index contributed by atoms with van der Waals surface area (Å²) in [5, 5.41) is 0. The summed E-state index contributed by atoms with van der Waals surface area (Å²) >= 11 is 0. The molecule has 0 radical (unpaired) electrons. The van der Waals surface area contributed by atoms with Gasteiger partial charge in [-0.15, -0.1) is 0 Å². The summed E-state index contributed by atoms with van der Waals surface area (Å²) in [6, 6.07) is 0.